The van der Waals surface area contributed by atoms with Crippen LogP contribution >= 0.6 is 0 Å². The molecule has 0 heterocycles. The van der Waals surface area contributed by atoms with Crippen LogP contribution in [-0.4, -0.2) is 74.5 Å². The zero-order valence-corrected chi connectivity index (χ0v) is 27.9. The van der Waals surface area contributed by atoms with Crippen molar-refractivity contribution in [2.24, 2.45) is 23.7 Å². The van der Waals surface area contributed by atoms with Gasteiger partial charge >= 0.3 is 0 Å². The van der Waals surface area contributed by atoms with Gasteiger partial charge in [-0.3, -0.25) is 9.80 Å². The Hall–Kier alpha value is -0.160. The highest BCUT2D eigenvalue weighted by atomic mass is 16.5. The molecule has 0 aromatic carbocycles. The lowest BCUT2D eigenvalue weighted by Gasteiger charge is -2.33. The van der Waals surface area contributed by atoms with Crippen molar-refractivity contribution < 1.29 is 9.47 Å². The highest BCUT2D eigenvalue weighted by molar-refractivity contribution is 4.74. The van der Waals surface area contributed by atoms with Crippen molar-refractivity contribution in [3.8, 4) is 0 Å². The van der Waals surface area contributed by atoms with Gasteiger partial charge in [0.15, 0.2) is 0 Å². The standard InChI is InChI=1S/C34H72N2O2/c1-11-15-17-33(13-3)27-35(31(9)25-29(5)6)19-21-37-23-24-38-22-20-36(32(10)26-30(7)8)28-34(14-4)18-16-12-2/h29-34H,11-28H2,1-10H3. The fourth-order valence-electron chi connectivity index (χ4n) is 5.83. The first-order chi connectivity index (χ1) is 18.2. The average Bonchev–Trinajstić information content (AvgIpc) is 2.86. The molecular formula is C34H72N2O2. The van der Waals surface area contributed by atoms with Crippen LogP contribution in [0.3, 0.4) is 0 Å². The highest BCUT2D eigenvalue weighted by Gasteiger charge is 2.20. The summed E-state index contributed by atoms with van der Waals surface area (Å²) in [6.45, 7) is 31.0. The molecule has 0 aliphatic carbocycles. The Labute approximate surface area is 241 Å². The zero-order chi connectivity index (χ0) is 28.8. The number of unbranched alkanes of at least 4 members (excludes halogenated alkanes) is 2. The van der Waals surface area contributed by atoms with Gasteiger partial charge in [0.25, 0.3) is 0 Å². The molecule has 4 unspecified atom stereocenters. The molecule has 0 rings (SSSR count). The summed E-state index contributed by atoms with van der Waals surface area (Å²) in [6, 6.07) is 1.24. The van der Waals surface area contributed by atoms with Gasteiger partial charge in [-0.25, -0.2) is 0 Å². The van der Waals surface area contributed by atoms with Crippen LogP contribution in [0.25, 0.3) is 0 Å². The Morgan fingerprint density at radius 2 is 0.895 bits per heavy atom. The molecule has 4 atom stereocenters. The van der Waals surface area contributed by atoms with Crippen LogP contribution in [-0.2, 0) is 9.47 Å². The van der Waals surface area contributed by atoms with Gasteiger partial charge in [-0.15, -0.1) is 0 Å². The van der Waals surface area contributed by atoms with Crippen molar-refractivity contribution in [3.05, 3.63) is 0 Å². The van der Waals surface area contributed by atoms with Gasteiger partial charge in [-0.2, -0.15) is 0 Å². The van der Waals surface area contributed by atoms with Crippen LogP contribution in [0.15, 0.2) is 0 Å². The first kappa shape index (κ1) is 37.8. The van der Waals surface area contributed by atoms with Crippen molar-refractivity contribution in [1.29, 1.82) is 0 Å². The monoisotopic (exact) mass is 541 g/mol. The molecule has 0 saturated carbocycles. The molecule has 0 saturated heterocycles. The summed E-state index contributed by atoms with van der Waals surface area (Å²) in [5.41, 5.74) is 0. The van der Waals surface area contributed by atoms with Crippen LogP contribution in [0.1, 0.15) is 133 Å². The maximum absolute atomic E-state index is 6.07. The zero-order valence-electron chi connectivity index (χ0n) is 27.9. The van der Waals surface area contributed by atoms with E-state index < -0.39 is 0 Å². The van der Waals surface area contributed by atoms with Crippen LogP contribution in [0.5, 0.6) is 0 Å². The maximum Gasteiger partial charge on any atom is 0.0701 e. The van der Waals surface area contributed by atoms with Gasteiger partial charge in [0.2, 0.25) is 0 Å². The summed E-state index contributed by atoms with van der Waals surface area (Å²) in [6.07, 6.45) is 13.1. The second-order valence-electron chi connectivity index (χ2n) is 13.0. The van der Waals surface area contributed by atoms with Gasteiger partial charge in [0, 0.05) is 38.3 Å². The molecule has 0 aliphatic heterocycles. The lowest BCUT2D eigenvalue weighted by Crippen LogP contribution is -2.40. The molecule has 0 aromatic rings. The lowest BCUT2D eigenvalue weighted by atomic mass is 9.96. The molecule has 230 valence electrons. The number of hydrogen-bond donors (Lipinski definition) is 0. The van der Waals surface area contributed by atoms with Crippen LogP contribution in [0.4, 0.5) is 0 Å². The van der Waals surface area contributed by atoms with Crippen molar-refractivity contribution in [2.75, 3.05) is 52.6 Å². The van der Waals surface area contributed by atoms with Crippen molar-refractivity contribution in [1.82, 2.24) is 9.80 Å². The number of hydrogen-bond acceptors (Lipinski definition) is 4. The van der Waals surface area contributed by atoms with E-state index in [0.717, 1.165) is 50.0 Å². The van der Waals surface area contributed by atoms with Crippen molar-refractivity contribution in [3.63, 3.8) is 0 Å². The second-order valence-corrected chi connectivity index (χ2v) is 13.0. The smallest absolute Gasteiger partial charge is 0.0701 e. The molecule has 0 radical (unpaired) electrons. The molecule has 4 nitrogen and oxygen atoms in total. The first-order valence-corrected chi connectivity index (χ1v) is 16.8. The molecule has 0 N–H and O–H groups in total. The summed E-state index contributed by atoms with van der Waals surface area (Å²) >= 11 is 0. The third-order valence-electron chi connectivity index (χ3n) is 8.36. The third kappa shape index (κ3) is 19.8. The van der Waals surface area contributed by atoms with E-state index in [9.17, 15) is 0 Å². The number of rotatable bonds is 27. The van der Waals surface area contributed by atoms with E-state index in [2.05, 4.69) is 79.0 Å². The molecular weight excluding hydrogens is 468 g/mol. The molecule has 0 spiro atoms. The fraction of sp³-hybridized carbons (Fsp3) is 1.00. The Bertz CT molecular complexity index is 455. The van der Waals surface area contributed by atoms with Gasteiger partial charge in [-0.05, 0) is 63.2 Å². The Kier molecular flexibility index (Phi) is 24.5. The van der Waals surface area contributed by atoms with E-state index in [-0.39, 0.29) is 0 Å². The molecule has 0 fully saturated rings. The average molecular weight is 541 g/mol. The topological polar surface area (TPSA) is 24.9 Å². The minimum Gasteiger partial charge on any atom is -0.378 e. The summed E-state index contributed by atoms with van der Waals surface area (Å²) in [7, 11) is 0. The van der Waals surface area contributed by atoms with Crippen molar-refractivity contribution >= 4 is 0 Å². The normalized spacial score (nSPS) is 15.6. The summed E-state index contributed by atoms with van der Waals surface area (Å²) < 4.78 is 12.1. The Balaban J connectivity index is 4.53. The molecule has 4 heteroatoms. The molecule has 0 bridgehead atoms. The van der Waals surface area contributed by atoms with E-state index in [4.69, 9.17) is 9.47 Å². The number of ether oxygens (including phenoxy) is 2. The fourth-order valence-corrected chi connectivity index (χ4v) is 5.83. The predicted octanol–water partition coefficient (Wildman–Crippen LogP) is 8.93. The van der Waals surface area contributed by atoms with Crippen LogP contribution in [0, 0.1) is 23.7 Å². The SMILES string of the molecule is CCCCC(CC)CN(CCOCCOCCN(CC(CC)CCCC)C(C)CC(C)C)C(C)CC(C)C. The largest absolute Gasteiger partial charge is 0.378 e. The predicted molar refractivity (Wildman–Crippen MR) is 169 cm³/mol. The van der Waals surface area contributed by atoms with E-state index >= 15 is 0 Å². The van der Waals surface area contributed by atoms with Crippen LogP contribution < -0.4 is 0 Å². The van der Waals surface area contributed by atoms with Gasteiger partial charge in [0.05, 0.1) is 26.4 Å². The summed E-state index contributed by atoms with van der Waals surface area (Å²) in [5.74, 6) is 3.09. The summed E-state index contributed by atoms with van der Waals surface area (Å²) in [4.78, 5) is 5.39. The van der Waals surface area contributed by atoms with Crippen molar-refractivity contribution in [2.45, 2.75) is 146 Å². The molecule has 0 aromatic heterocycles. The van der Waals surface area contributed by atoms with E-state index in [1.165, 1.54) is 77.3 Å². The lowest BCUT2D eigenvalue weighted by molar-refractivity contribution is 0.0185. The number of nitrogens with zero attached hydrogens (tertiary/aromatic N) is 2. The Morgan fingerprint density at radius 1 is 0.526 bits per heavy atom. The maximum atomic E-state index is 6.07. The third-order valence-corrected chi connectivity index (χ3v) is 8.36. The van der Waals surface area contributed by atoms with E-state index in [1.807, 2.05) is 0 Å². The van der Waals surface area contributed by atoms with Gasteiger partial charge < -0.3 is 9.47 Å². The highest BCUT2D eigenvalue weighted by Crippen LogP contribution is 2.20. The molecule has 0 aliphatic rings. The first-order valence-electron chi connectivity index (χ1n) is 16.8. The van der Waals surface area contributed by atoms with E-state index in [1.54, 1.807) is 0 Å². The molecule has 38 heavy (non-hydrogen) atoms. The van der Waals surface area contributed by atoms with E-state index in [0.29, 0.717) is 25.3 Å². The summed E-state index contributed by atoms with van der Waals surface area (Å²) in [5, 5.41) is 0. The Morgan fingerprint density at radius 3 is 1.18 bits per heavy atom. The van der Waals surface area contributed by atoms with Gasteiger partial charge in [-0.1, -0.05) is 93.9 Å². The molecule has 0 amide bonds. The quantitative estimate of drug-likeness (QED) is 0.0971. The van der Waals surface area contributed by atoms with Gasteiger partial charge in [0.1, 0.15) is 0 Å². The minimum absolute atomic E-state index is 0.619. The minimum atomic E-state index is 0.619. The second kappa shape index (κ2) is 24.6. The van der Waals surface area contributed by atoms with Crippen LogP contribution in [0.2, 0.25) is 0 Å².